The predicted octanol–water partition coefficient (Wildman–Crippen LogP) is 3.88. The van der Waals surface area contributed by atoms with Crippen molar-refractivity contribution >= 4 is 0 Å². The summed E-state index contributed by atoms with van der Waals surface area (Å²) in [5.41, 5.74) is 2.20. The van der Waals surface area contributed by atoms with Crippen molar-refractivity contribution in [3.63, 3.8) is 0 Å². The van der Waals surface area contributed by atoms with Crippen LogP contribution in [0, 0.1) is 0 Å². The van der Waals surface area contributed by atoms with Crippen LogP contribution in [-0.4, -0.2) is 49.5 Å². The molecule has 0 aromatic heterocycles. The fourth-order valence-corrected chi connectivity index (χ4v) is 3.06. The molecule has 0 unspecified atom stereocenters. The van der Waals surface area contributed by atoms with Crippen molar-refractivity contribution in [2.45, 2.75) is 45.6 Å². The van der Waals surface area contributed by atoms with Crippen LogP contribution in [0.5, 0.6) is 11.5 Å². The van der Waals surface area contributed by atoms with Crippen molar-refractivity contribution < 1.29 is 19.3 Å². The van der Waals surface area contributed by atoms with E-state index < -0.39 is 6.10 Å². The average Bonchev–Trinajstić information content (AvgIpc) is 2.73. The molecule has 5 heteroatoms. The van der Waals surface area contributed by atoms with Crippen LogP contribution in [0.1, 0.15) is 31.4 Å². The molecule has 5 nitrogen and oxygen atoms in total. The van der Waals surface area contributed by atoms with Crippen molar-refractivity contribution in [2.75, 3.05) is 27.4 Å². The quantitative estimate of drug-likeness (QED) is 0.599. The first-order chi connectivity index (χ1) is 13.5. The van der Waals surface area contributed by atoms with Gasteiger partial charge >= 0.3 is 0 Å². The van der Waals surface area contributed by atoms with E-state index in [1.54, 1.807) is 14.2 Å². The Bertz CT molecular complexity index is 670. The topological polar surface area (TPSA) is 51.2 Å². The van der Waals surface area contributed by atoms with E-state index in [1.165, 1.54) is 0 Å². The number of benzene rings is 2. The van der Waals surface area contributed by atoms with E-state index in [1.807, 2.05) is 48.5 Å². The molecule has 0 fully saturated rings. The largest absolute Gasteiger partial charge is 0.497 e. The Morgan fingerprint density at radius 2 is 1.61 bits per heavy atom. The molecule has 0 heterocycles. The maximum atomic E-state index is 10.5. The third kappa shape index (κ3) is 7.15. The van der Waals surface area contributed by atoms with Gasteiger partial charge in [-0.05, 0) is 36.6 Å². The average molecular weight is 388 g/mol. The van der Waals surface area contributed by atoms with Crippen LogP contribution in [0.2, 0.25) is 0 Å². The minimum Gasteiger partial charge on any atom is -0.497 e. The highest BCUT2D eigenvalue weighted by atomic mass is 16.5. The zero-order chi connectivity index (χ0) is 20.4. The number of aliphatic hydroxyl groups excluding tert-OH is 1. The molecule has 28 heavy (non-hydrogen) atoms. The van der Waals surface area contributed by atoms with Gasteiger partial charge in [-0.3, -0.25) is 4.90 Å². The van der Waals surface area contributed by atoms with Crippen LogP contribution in [0.15, 0.2) is 48.5 Å². The normalized spacial score (nSPS) is 13.4. The fourth-order valence-electron chi connectivity index (χ4n) is 3.06. The Morgan fingerprint density at radius 1 is 0.964 bits per heavy atom. The highest BCUT2D eigenvalue weighted by molar-refractivity contribution is 5.38. The maximum Gasteiger partial charge on any atom is 0.122 e. The molecule has 0 radical (unpaired) electrons. The van der Waals surface area contributed by atoms with E-state index in [4.69, 9.17) is 14.2 Å². The third-order valence-corrected chi connectivity index (χ3v) is 4.88. The smallest absolute Gasteiger partial charge is 0.122 e. The van der Waals surface area contributed by atoms with Gasteiger partial charge in [-0.2, -0.15) is 0 Å². The van der Waals surface area contributed by atoms with Crippen molar-refractivity contribution in [2.24, 2.45) is 0 Å². The summed E-state index contributed by atoms with van der Waals surface area (Å²) in [4.78, 5) is 2.27. The second kappa shape index (κ2) is 11.7. The molecule has 154 valence electrons. The highest BCUT2D eigenvalue weighted by Crippen LogP contribution is 2.24. The minimum atomic E-state index is -0.551. The molecule has 2 aromatic carbocycles. The van der Waals surface area contributed by atoms with Crippen molar-refractivity contribution in [3.8, 4) is 11.5 Å². The van der Waals surface area contributed by atoms with Crippen LogP contribution in [0.4, 0.5) is 0 Å². The zero-order valence-corrected chi connectivity index (χ0v) is 17.4. The van der Waals surface area contributed by atoms with E-state index in [0.717, 1.165) is 29.0 Å². The van der Waals surface area contributed by atoms with E-state index in [0.29, 0.717) is 32.3 Å². The molecular formula is C23H33NO4. The zero-order valence-electron chi connectivity index (χ0n) is 17.4. The van der Waals surface area contributed by atoms with Crippen LogP contribution in [-0.2, 0) is 17.9 Å². The lowest BCUT2D eigenvalue weighted by atomic mass is 10.1. The molecule has 2 aromatic rings. The van der Waals surface area contributed by atoms with Crippen molar-refractivity contribution in [1.82, 2.24) is 4.90 Å². The number of methoxy groups -OCH3 is 2. The molecule has 1 N–H and O–H groups in total. The first kappa shape index (κ1) is 22.2. The fraction of sp³-hybridized carbons (Fsp3) is 0.478. The van der Waals surface area contributed by atoms with Crippen molar-refractivity contribution in [3.05, 3.63) is 59.7 Å². The van der Waals surface area contributed by atoms with Crippen molar-refractivity contribution in [1.29, 1.82) is 0 Å². The van der Waals surface area contributed by atoms with Gasteiger partial charge < -0.3 is 19.3 Å². The standard InChI is InChI=1S/C23H33NO4/c1-5-18(2)24(14-20-11-22(26-3)13-23(12-20)27-4)15-21(25)17-28-16-19-9-7-6-8-10-19/h6-13,18,21,25H,5,14-17H2,1-4H3/t18-,21+/m1/s1. The summed E-state index contributed by atoms with van der Waals surface area (Å²) in [6.45, 7) is 6.40. The van der Waals surface area contributed by atoms with Gasteiger partial charge in [0.25, 0.3) is 0 Å². The summed E-state index contributed by atoms with van der Waals surface area (Å²) in [5.74, 6) is 1.54. The summed E-state index contributed by atoms with van der Waals surface area (Å²) < 4.78 is 16.5. The molecule has 0 bridgehead atoms. The molecule has 0 amide bonds. The number of rotatable bonds is 12. The number of ether oxygens (including phenoxy) is 3. The summed E-state index contributed by atoms with van der Waals surface area (Å²) in [6, 6.07) is 16.2. The molecule has 0 aliphatic heterocycles. The monoisotopic (exact) mass is 387 g/mol. The summed E-state index contributed by atoms with van der Waals surface area (Å²) in [7, 11) is 3.30. The Labute approximate surface area is 168 Å². The lowest BCUT2D eigenvalue weighted by Crippen LogP contribution is -2.39. The van der Waals surface area contributed by atoms with E-state index >= 15 is 0 Å². The Morgan fingerprint density at radius 3 is 2.18 bits per heavy atom. The van der Waals surface area contributed by atoms with Gasteiger partial charge in [0.1, 0.15) is 11.5 Å². The van der Waals surface area contributed by atoms with E-state index in [-0.39, 0.29) is 0 Å². The van der Waals surface area contributed by atoms with Gasteiger partial charge in [0.2, 0.25) is 0 Å². The molecule has 0 aliphatic carbocycles. The predicted molar refractivity (Wildman–Crippen MR) is 112 cm³/mol. The van der Waals surface area contributed by atoms with Gasteiger partial charge in [-0.1, -0.05) is 37.3 Å². The number of aliphatic hydroxyl groups is 1. The molecular weight excluding hydrogens is 354 g/mol. The maximum absolute atomic E-state index is 10.5. The second-order valence-corrected chi connectivity index (χ2v) is 7.06. The van der Waals surface area contributed by atoms with E-state index in [2.05, 4.69) is 18.7 Å². The van der Waals surface area contributed by atoms with Crippen LogP contribution >= 0.6 is 0 Å². The first-order valence-corrected chi connectivity index (χ1v) is 9.81. The Balaban J connectivity index is 1.95. The highest BCUT2D eigenvalue weighted by Gasteiger charge is 2.18. The molecule has 0 aliphatic rings. The lowest BCUT2D eigenvalue weighted by Gasteiger charge is -2.30. The SMILES string of the molecule is CC[C@@H](C)N(Cc1cc(OC)cc(OC)c1)C[C@H](O)COCc1ccccc1. The Kier molecular flexibility index (Phi) is 9.28. The summed E-state index contributed by atoms with van der Waals surface area (Å²) >= 11 is 0. The Hall–Kier alpha value is -2.08. The first-order valence-electron chi connectivity index (χ1n) is 9.81. The minimum absolute atomic E-state index is 0.309. The molecule has 2 rings (SSSR count). The van der Waals surface area contributed by atoms with Gasteiger partial charge in [0.05, 0.1) is 33.5 Å². The van der Waals surface area contributed by atoms with Crippen LogP contribution in [0.25, 0.3) is 0 Å². The molecule has 2 atom stereocenters. The molecule has 0 saturated heterocycles. The molecule has 0 saturated carbocycles. The third-order valence-electron chi connectivity index (χ3n) is 4.88. The van der Waals surface area contributed by atoms with Gasteiger partial charge in [-0.15, -0.1) is 0 Å². The van der Waals surface area contributed by atoms with E-state index in [9.17, 15) is 5.11 Å². The number of nitrogens with zero attached hydrogens (tertiary/aromatic N) is 1. The number of hydrogen-bond acceptors (Lipinski definition) is 5. The molecule has 0 spiro atoms. The summed E-state index contributed by atoms with van der Waals surface area (Å²) in [5, 5.41) is 10.5. The van der Waals surface area contributed by atoms with Crippen LogP contribution in [0.3, 0.4) is 0 Å². The van der Waals surface area contributed by atoms with Gasteiger partial charge in [-0.25, -0.2) is 0 Å². The van der Waals surface area contributed by atoms with Gasteiger partial charge in [0.15, 0.2) is 0 Å². The second-order valence-electron chi connectivity index (χ2n) is 7.06. The number of hydrogen-bond donors (Lipinski definition) is 1. The van der Waals surface area contributed by atoms with Crippen LogP contribution < -0.4 is 9.47 Å². The summed E-state index contributed by atoms with van der Waals surface area (Å²) in [6.07, 6.45) is 0.448. The lowest BCUT2D eigenvalue weighted by molar-refractivity contribution is 0.00143. The van der Waals surface area contributed by atoms with Gasteiger partial charge in [0, 0.05) is 25.2 Å².